The number of rotatable bonds is 5. The van der Waals surface area contributed by atoms with Crippen molar-refractivity contribution >= 4 is 5.91 Å². The predicted molar refractivity (Wildman–Crippen MR) is 76.4 cm³/mol. The van der Waals surface area contributed by atoms with Crippen LogP contribution in [0.5, 0.6) is 0 Å². The van der Waals surface area contributed by atoms with Crippen molar-refractivity contribution in [2.75, 3.05) is 0 Å². The van der Waals surface area contributed by atoms with Gasteiger partial charge in [-0.2, -0.15) is 10.2 Å². The van der Waals surface area contributed by atoms with Crippen LogP contribution in [0.25, 0.3) is 0 Å². The van der Waals surface area contributed by atoms with Gasteiger partial charge < -0.3 is 5.32 Å². The molecule has 0 saturated heterocycles. The molecule has 0 fully saturated rings. The van der Waals surface area contributed by atoms with Crippen molar-refractivity contribution < 1.29 is 4.79 Å². The molecular formula is C14H21N5O. The second-order valence-corrected chi connectivity index (χ2v) is 4.75. The number of nitrogens with zero attached hydrogens (tertiary/aromatic N) is 4. The molecule has 0 saturated carbocycles. The molecule has 0 aromatic carbocycles. The SMILES string of the molecule is CCn1cc(C(=O)NC(C)c2ccnn2CC)c(C)n1. The highest BCUT2D eigenvalue weighted by Gasteiger charge is 2.17. The molecule has 0 bridgehead atoms. The first-order valence-electron chi connectivity index (χ1n) is 6.93. The van der Waals surface area contributed by atoms with E-state index in [-0.39, 0.29) is 11.9 Å². The monoisotopic (exact) mass is 275 g/mol. The average molecular weight is 275 g/mol. The molecule has 0 spiro atoms. The van der Waals surface area contributed by atoms with Gasteiger partial charge in [0, 0.05) is 25.5 Å². The summed E-state index contributed by atoms with van der Waals surface area (Å²) in [5.41, 5.74) is 2.38. The standard InChI is InChI=1S/C14H21N5O/c1-5-18-9-12(10(3)17-18)14(20)16-11(4)13-7-8-15-19(13)6-2/h7-9,11H,5-6H2,1-4H3,(H,16,20). The number of aryl methyl sites for hydroxylation is 3. The number of hydrogen-bond acceptors (Lipinski definition) is 3. The third-order valence-electron chi connectivity index (χ3n) is 3.36. The van der Waals surface area contributed by atoms with Crippen LogP contribution in [0.15, 0.2) is 18.5 Å². The molecule has 6 heteroatoms. The van der Waals surface area contributed by atoms with Gasteiger partial charge in [0.15, 0.2) is 0 Å². The van der Waals surface area contributed by atoms with Gasteiger partial charge in [-0.3, -0.25) is 14.2 Å². The Balaban J connectivity index is 2.13. The second-order valence-electron chi connectivity index (χ2n) is 4.75. The molecule has 2 heterocycles. The molecule has 20 heavy (non-hydrogen) atoms. The Kier molecular flexibility index (Phi) is 4.22. The highest BCUT2D eigenvalue weighted by atomic mass is 16.1. The van der Waals surface area contributed by atoms with Crippen molar-refractivity contribution in [2.24, 2.45) is 0 Å². The van der Waals surface area contributed by atoms with Crippen molar-refractivity contribution in [2.45, 2.75) is 46.8 Å². The van der Waals surface area contributed by atoms with E-state index in [1.807, 2.05) is 38.4 Å². The fourth-order valence-electron chi connectivity index (χ4n) is 2.23. The first-order chi connectivity index (χ1) is 9.56. The van der Waals surface area contributed by atoms with Gasteiger partial charge >= 0.3 is 0 Å². The fourth-order valence-corrected chi connectivity index (χ4v) is 2.23. The maximum Gasteiger partial charge on any atom is 0.255 e. The Morgan fingerprint density at radius 3 is 2.75 bits per heavy atom. The molecule has 2 aromatic heterocycles. The van der Waals surface area contributed by atoms with Gasteiger partial charge in [0.05, 0.1) is 23.0 Å². The summed E-state index contributed by atoms with van der Waals surface area (Å²) in [6.07, 6.45) is 3.54. The number of aromatic nitrogens is 4. The van der Waals surface area contributed by atoms with Crippen LogP contribution < -0.4 is 5.32 Å². The lowest BCUT2D eigenvalue weighted by Crippen LogP contribution is -2.28. The maximum atomic E-state index is 12.3. The molecule has 0 radical (unpaired) electrons. The highest BCUT2D eigenvalue weighted by Crippen LogP contribution is 2.13. The smallest absolute Gasteiger partial charge is 0.255 e. The van der Waals surface area contributed by atoms with Crippen LogP contribution >= 0.6 is 0 Å². The predicted octanol–water partition coefficient (Wildman–Crippen LogP) is 1.92. The van der Waals surface area contributed by atoms with Gasteiger partial charge in [-0.25, -0.2) is 0 Å². The first kappa shape index (κ1) is 14.3. The van der Waals surface area contributed by atoms with Gasteiger partial charge in [0.25, 0.3) is 5.91 Å². The fraction of sp³-hybridized carbons (Fsp3) is 0.500. The van der Waals surface area contributed by atoms with Gasteiger partial charge in [-0.1, -0.05) is 0 Å². The minimum Gasteiger partial charge on any atom is -0.344 e. The van der Waals surface area contributed by atoms with E-state index >= 15 is 0 Å². The Labute approximate surface area is 118 Å². The largest absolute Gasteiger partial charge is 0.344 e. The van der Waals surface area contributed by atoms with Gasteiger partial charge in [0.1, 0.15) is 0 Å². The Bertz CT molecular complexity index is 598. The second kappa shape index (κ2) is 5.90. The first-order valence-corrected chi connectivity index (χ1v) is 6.93. The van der Waals surface area contributed by atoms with Crippen LogP contribution in [0.2, 0.25) is 0 Å². The van der Waals surface area contributed by atoms with Crippen LogP contribution in [-0.4, -0.2) is 25.5 Å². The summed E-state index contributed by atoms with van der Waals surface area (Å²) in [6.45, 7) is 9.38. The summed E-state index contributed by atoms with van der Waals surface area (Å²) in [4.78, 5) is 12.3. The number of hydrogen-bond donors (Lipinski definition) is 1. The minimum absolute atomic E-state index is 0.0886. The van der Waals surface area contributed by atoms with Gasteiger partial charge in [-0.05, 0) is 33.8 Å². The maximum absolute atomic E-state index is 12.3. The van der Waals surface area contributed by atoms with E-state index in [4.69, 9.17) is 0 Å². The summed E-state index contributed by atoms with van der Waals surface area (Å²) in [5.74, 6) is -0.0986. The molecule has 0 aliphatic heterocycles. The van der Waals surface area contributed by atoms with Crippen LogP contribution in [0.4, 0.5) is 0 Å². The molecule has 0 aliphatic carbocycles. The molecule has 108 valence electrons. The van der Waals surface area contributed by atoms with Gasteiger partial charge in [-0.15, -0.1) is 0 Å². The summed E-state index contributed by atoms with van der Waals surface area (Å²) < 4.78 is 3.65. The van der Waals surface area contributed by atoms with Crippen molar-refractivity contribution in [3.63, 3.8) is 0 Å². The summed E-state index contributed by atoms with van der Waals surface area (Å²) in [7, 11) is 0. The molecule has 1 N–H and O–H groups in total. The molecule has 6 nitrogen and oxygen atoms in total. The molecule has 2 rings (SSSR count). The molecular weight excluding hydrogens is 254 g/mol. The molecule has 1 amide bonds. The van der Waals surface area contributed by atoms with Crippen molar-refractivity contribution in [3.05, 3.63) is 35.4 Å². The Hall–Kier alpha value is -2.11. The molecule has 2 aromatic rings. The third-order valence-corrected chi connectivity index (χ3v) is 3.36. The summed E-state index contributed by atoms with van der Waals surface area (Å²) >= 11 is 0. The topological polar surface area (TPSA) is 64.7 Å². The van der Waals surface area contributed by atoms with E-state index in [0.717, 1.165) is 24.5 Å². The lowest BCUT2D eigenvalue weighted by atomic mass is 10.2. The zero-order valence-corrected chi connectivity index (χ0v) is 12.4. The van der Waals surface area contributed by atoms with Crippen molar-refractivity contribution in [1.29, 1.82) is 0 Å². The lowest BCUT2D eigenvalue weighted by molar-refractivity contribution is 0.0937. The highest BCUT2D eigenvalue weighted by molar-refractivity contribution is 5.95. The molecule has 1 unspecified atom stereocenters. The van der Waals surface area contributed by atoms with E-state index < -0.39 is 0 Å². The summed E-state index contributed by atoms with van der Waals surface area (Å²) in [5, 5.41) is 11.5. The number of carbonyl (C=O) groups excluding carboxylic acids is 1. The molecule has 1 atom stereocenters. The number of amides is 1. The van der Waals surface area contributed by atoms with Crippen LogP contribution in [0, 0.1) is 6.92 Å². The Morgan fingerprint density at radius 2 is 2.15 bits per heavy atom. The zero-order chi connectivity index (χ0) is 14.7. The van der Waals surface area contributed by atoms with Crippen LogP contribution in [0.1, 0.15) is 48.6 Å². The number of nitrogens with one attached hydrogen (secondary N) is 1. The third kappa shape index (κ3) is 2.74. The zero-order valence-electron chi connectivity index (χ0n) is 12.4. The number of carbonyl (C=O) groups is 1. The average Bonchev–Trinajstić information content (AvgIpc) is 3.04. The van der Waals surface area contributed by atoms with Gasteiger partial charge in [0.2, 0.25) is 0 Å². The van der Waals surface area contributed by atoms with Crippen LogP contribution in [0.3, 0.4) is 0 Å². The quantitative estimate of drug-likeness (QED) is 0.906. The van der Waals surface area contributed by atoms with E-state index in [2.05, 4.69) is 15.5 Å². The van der Waals surface area contributed by atoms with Crippen molar-refractivity contribution in [3.8, 4) is 0 Å². The van der Waals surface area contributed by atoms with Crippen molar-refractivity contribution in [1.82, 2.24) is 24.9 Å². The lowest BCUT2D eigenvalue weighted by Gasteiger charge is -2.15. The van der Waals surface area contributed by atoms with Crippen LogP contribution in [-0.2, 0) is 13.1 Å². The normalized spacial score (nSPS) is 12.4. The van der Waals surface area contributed by atoms with E-state index in [0.29, 0.717) is 5.56 Å². The van der Waals surface area contributed by atoms with E-state index in [9.17, 15) is 4.79 Å². The molecule has 0 aliphatic rings. The minimum atomic E-state index is -0.0986. The summed E-state index contributed by atoms with van der Waals surface area (Å²) in [6, 6.07) is 1.84. The van der Waals surface area contributed by atoms with E-state index in [1.165, 1.54) is 0 Å². The van der Waals surface area contributed by atoms with E-state index in [1.54, 1.807) is 17.1 Å². The Morgan fingerprint density at radius 1 is 1.40 bits per heavy atom.